The largest absolute Gasteiger partial charge is 0.421 e. The fourth-order valence-corrected chi connectivity index (χ4v) is 3.67. The Bertz CT molecular complexity index is 1100. The first-order chi connectivity index (χ1) is 16.5. The van der Waals surface area contributed by atoms with Crippen LogP contribution in [0.5, 0.6) is 0 Å². The Morgan fingerprint density at radius 1 is 1.17 bits per heavy atom. The van der Waals surface area contributed by atoms with Gasteiger partial charge in [0.15, 0.2) is 0 Å². The maximum Gasteiger partial charge on any atom is 0.421 e. The fourth-order valence-electron chi connectivity index (χ4n) is 3.67. The van der Waals surface area contributed by atoms with Crippen LogP contribution >= 0.6 is 0 Å². The highest BCUT2D eigenvalue weighted by molar-refractivity contribution is 5.77. The van der Waals surface area contributed by atoms with Crippen molar-refractivity contribution in [2.24, 2.45) is 0 Å². The average molecular weight is 514 g/mol. The Hall–Kier alpha value is -2.99. The van der Waals surface area contributed by atoms with Crippen molar-refractivity contribution in [3.63, 3.8) is 0 Å². The van der Waals surface area contributed by atoms with Crippen LogP contribution < -0.4 is 10.6 Å². The van der Waals surface area contributed by atoms with Crippen LogP contribution in [0.15, 0.2) is 24.4 Å². The SMILES string of the molecule is CC(C)(O)CC(=O)N1CCc2cc(Nc3ncc(C(F)(F)F)c(NC[C@H](F)C(C)(C)O)n3)ccc2C1. The number of alkyl halides is 4. The van der Waals surface area contributed by atoms with Gasteiger partial charge in [-0.3, -0.25) is 4.79 Å². The van der Waals surface area contributed by atoms with Crippen molar-refractivity contribution in [2.75, 3.05) is 23.7 Å². The Morgan fingerprint density at radius 3 is 2.47 bits per heavy atom. The number of rotatable bonds is 8. The lowest BCUT2D eigenvalue weighted by Gasteiger charge is -2.31. The number of aliphatic hydroxyl groups is 2. The van der Waals surface area contributed by atoms with E-state index in [0.717, 1.165) is 11.1 Å². The van der Waals surface area contributed by atoms with E-state index in [1.165, 1.54) is 13.8 Å². The zero-order valence-corrected chi connectivity index (χ0v) is 20.6. The van der Waals surface area contributed by atoms with E-state index in [1.807, 2.05) is 12.1 Å². The molecule has 0 radical (unpaired) electrons. The highest BCUT2D eigenvalue weighted by Crippen LogP contribution is 2.34. The lowest BCUT2D eigenvalue weighted by atomic mass is 9.97. The summed E-state index contributed by atoms with van der Waals surface area (Å²) in [6.07, 6.45) is -5.40. The van der Waals surface area contributed by atoms with Gasteiger partial charge in [-0.15, -0.1) is 0 Å². The first kappa shape index (κ1) is 27.6. The van der Waals surface area contributed by atoms with Crippen LogP contribution in [-0.4, -0.2) is 61.5 Å². The highest BCUT2D eigenvalue weighted by Gasteiger charge is 2.36. The number of carbonyl (C=O) groups is 1. The van der Waals surface area contributed by atoms with Crippen LogP contribution in [0.25, 0.3) is 0 Å². The molecule has 0 saturated heterocycles. The minimum atomic E-state index is -4.76. The zero-order valence-electron chi connectivity index (χ0n) is 20.6. The molecule has 1 aliphatic heterocycles. The summed E-state index contributed by atoms with van der Waals surface area (Å²) < 4.78 is 54.3. The number of anilines is 3. The molecule has 1 aromatic heterocycles. The highest BCUT2D eigenvalue weighted by atomic mass is 19.4. The second-order valence-electron chi connectivity index (χ2n) is 10.1. The zero-order chi connectivity index (χ0) is 26.9. The minimum absolute atomic E-state index is 0.0164. The summed E-state index contributed by atoms with van der Waals surface area (Å²) >= 11 is 0. The van der Waals surface area contributed by atoms with Gasteiger partial charge in [0.05, 0.1) is 24.2 Å². The number of nitrogens with zero attached hydrogens (tertiary/aromatic N) is 3. The normalized spacial score (nSPS) is 15.3. The summed E-state index contributed by atoms with van der Waals surface area (Å²) in [5, 5.41) is 24.8. The lowest BCUT2D eigenvalue weighted by Crippen LogP contribution is -2.39. The number of amides is 1. The van der Waals surface area contributed by atoms with Crippen molar-refractivity contribution in [2.45, 2.75) is 70.6 Å². The quantitative estimate of drug-likeness (QED) is 0.398. The predicted molar refractivity (Wildman–Crippen MR) is 126 cm³/mol. The first-order valence-corrected chi connectivity index (χ1v) is 11.5. The molecule has 198 valence electrons. The molecule has 2 aromatic rings. The first-order valence-electron chi connectivity index (χ1n) is 11.5. The van der Waals surface area contributed by atoms with E-state index in [9.17, 15) is 32.6 Å². The smallest absolute Gasteiger partial charge is 0.390 e. The van der Waals surface area contributed by atoms with Crippen molar-refractivity contribution < 1.29 is 32.6 Å². The molecule has 1 atom stereocenters. The molecule has 12 heteroatoms. The number of aromatic nitrogens is 2. The van der Waals surface area contributed by atoms with Gasteiger partial charge in [-0.2, -0.15) is 18.2 Å². The van der Waals surface area contributed by atoms with E-state index in [-0.39, 0.29) is 18.3 Å². The Labute approximate surface area is 206 Å². The molecule has 0 bridgehead atoms. The Morgan fingerprint density at radius 2 is 1.86 bits per heavy atom. The van der Waals surface area contributed by atoms with Gasteiger partial charge in [0.25, 0.3) is 0 Å². The van der Waals surface area contributed by atoms with Gasteiger partial charge in [-0.05, 0) is 57.4 Å². The van der Waals surface area contributed by atoms with Gasteiger partial charge in [-0.25, -0.2) is 9.37 Å². The van der Waals surface area contributed by atoms with Crippen molar-refractivity contribution in [1.82, 2.24) is 14.9 Å². The Kier molecular flexibility index (Phi) is 7.80. The molecular weight excluding hydrogens is 482 g/mol. The van der Waals surface area contributed by atoms with Crippen LogP contribution in [0.2, 0.25) is 0 Å². The third-order valence-electron chi connectivity index (χ3n) is 5.72. The van der Waals surface area contributed by atoms with Crippen molar-refractivity contribution in [1.29, 1.82) is 0 Å². The molecule has 0 spiro atoms. The monoisotopic (exact) mass is 513 g/mol. The van der Waals surface area contributed by atoms with Crippen molar-refractivity contribution in [3.05, 3.63) is 41.1 Å². The summed E-state index contributed by atoms with van der Waals surface area (Å²) in [4.78, 5) is 21.8. The van der Waals surface area contributed by atoms with Crippen molar-refractivity contribution >= 4 is 23.4 Å². The topological polar surface area (TPSA) is 111 Å². The molecule has 0 unspecified atom stereocenters. The molecule has 1 aromatic carbocycles. The molecule has 0 fully saturated rings. The van der Waals surface area contributed by atoms with Gasteiger partial charge < -0.3 is 25.7 Å². The average Bonchev–Trinajstić information content (AvgIpc) is 2.74. The number of halogens is 4. The summed E-state index contributed by atoms with van der Waals surface area (Å²) in [6, 6.07) is 5.32. The summed E-state index contributed by atoms with van der Waals surface area (Å²) in [6.45, 7) is 5.88. The molecule has 0 aliphatic carbocycles. The molecule has 0 saturated carbocycles. The van der Waals surface area contributed by atoms with Gasteiger partial charge >= 0.3 is 6.18 Å². The number of carbonyl (C=O) groups excluding carboxylic acids is 1. The molecule has 2 heterocycles. The van der Waals surface area contributed by atoms with Gasteiger partial charge in [-0.1, -0.05) is 6.07 Å². The fraction of sp³-hybridized carbons (Fsp3) is 0.542. The third-order valence-corrected chi connectivity index (χ3v) is 5.72. The molecule has 8 nitrogen and oxygen atoms in total. The molecule has 4 N–H and O–H groups in total. The Balaban J connectivity index is 1.75. The standard InChI is InChI=1S/C24H31F4N5O3/c1-22(2,35)10-19(34)33-8-7-14-9-16(6-5-15(14)13-33)31-21-30-11-17(24(26,27)28)20(32-21)29-12-18(25)23(3,4)36/h5-6,9,11,18,35-36H,7-8,10,12-13H2,1-4H3,(H2,29,30,31,32)/t18-/m0/s1. The second-order valence-corrected chi connectivity index (χ2v) is 10.1. The van der Waals surface area contributed by atoms with E-state index in [1.54, 1.807) is 24.8 Å². The number of hydrogen-bond acceptors (Lipinski definition) is 7. The number of hydrogen-bond donors (Lipinski definition) is 4. The van der Waals surface area contributed by atoms with E-state index in [4.69, 9.17) is 0 Å². The summed E-state index contributed by atoms with van der Waals surface area (Å²) in [5.41, 5.74) is -1.57. The second kappa shape index (κ2) is 10.2. The van der Waals surface area contributed by atoms with E-state index in [0.29, 0.717) is 31.4 Å². The van der Waals surface area contributed by atoms with Crippen LogP contribution in [0.3, 0.4) is 0 Å². The molecule has 36 heavy (non-hydrogen) atoms. The molecule has 1 aliphatic rings. The third kappa shape index (κ3) is 7.26. The summed E-state index contributed by atoms with van der Waals surface area (Å²) in [7, 11) is 0. The summed E-state index contributed by atoms with van der Waals surface area (Å²) in [5.74, 6) is -0.874. The van der Waals surface area contributed by atoms with E-state index >= 15 is 0 Å². The van der Waals surface area contributed by atoms with Gasteiger partial charge in [0, 0.05) is 25.0 Å². The predicted octanol–water partition coefficient (Wildman–Crippen LogP) is 3.81. The lowest BCUT2D eigenvalue weighted by molar-refractivity contribution is -0.137. The van der Waals surface area contributed by atoms with Gasteiger partial charge in [0.1, 0.15) is 17.6 Å². The van der Waals surface area contributed by atoms with E-state index < -0.39 is 41.5 Å². The molecular formula is C24H31F4N5O3. The van der Waals surface area contributed by atoms with E-state index in [2.05, 4.69) is 20.6 Å². The number of nitrogens with one attached hydrogen (secondary N) is 2. The maximum atomic E-state index is 14.1. The number of fused-ring (bicyclic) bond motifs is 1. The number of benzene rings is 1. The molecule has 1 amide bonds. The minimum Gasteiger partial charge on any atom is -0.390 e. The van der Waals surface area contributed by atoms with Crippen molar-refractivity contribution in [3.8, 4) is 0 Å². The van der Waals surface area contributed by atoms with Gasteiger partial charge in [0.2, 0.25) is 11.9 Å². The van der Waals surface area contributed by atoms with Crippen LogP contribution in [0.4, 0.5) is 35.0 Å². The van der Waals surface area contributed by atoms with Crippen LogP contribution in [0, 0.1) is 0 Å². The maximum absolute atomic E-state index is 14.1. The molecule has 3 rings (SSSR count). The van der Waals surface area contributed by atoms with Crippen LogP contribution in [0.1, 0.15) is 50.8 Å². The van der Waals surface area contributed by atoms with Crippen LogP contribution in [-0.2, 0) is 23.9 Å².